The number of fused-ring (bicyclic) bond motifs is 1. The summed E-state index contributed by atoms with van der Waals surface area (Å²) in [5.74, 6) is -0.529. The molecule has 27 heavy (non-hydrogen) atoms. The molecule has 1 unspecified atom stereocenters. The van der Waals surface area contributed by atoms with E-state index in [-0.39, 0.29) is 11.3 Å². The number of hydrogen-bond acceptors (Lipinski definition) is 5. The van der Waals surface area contributed by atoms with Gasteiger partial charge < -0.3 is 4.74 Å². The number of anilines is 1. The fourth-order valence-electron chi connectivity index (χ4n) is 2.94. The summed E-state index contributed by atoms with van der Waals surface area (Å²) in [6.45, 7) is 3.67. The number of ether oxygens (including phenoxy) is 1. The van der Waals surface area contributed by atoms with E-state index in [9.17, 15) is 19.7 Å². The Morgan fingerprint density at radius 1 is 1.26 bits per heavy atom. The zero-order valence-electron chi connectivity index (χ0n) is 14.9. The van der Waals surface area contributed by atoms with E-state index >= 15 is 0 Å². The molecule has 0 saturated carbocycles. The number of non-ortho nitro benzene ring substituents is 1. The van der Waals surface area contributed by atoms with Crippen LogP contribution in [0.15, 0.2) is 48.5 Å². The lowest BCUT2D eigenvalue weighted by Gasteiger charge is -2.33. The highest BCUT2D eigenvalue weighted by Gasteiger charge is 2.38. The number of nitro groups is 1. The Labute approximate surface area is 156 Å². The molecule has 7 nitrogen and oxygen atoms in total. The molecule has 0 radical (unpaired) electrons. The van der Waals surface area contributed by atoms with Crippen molar-refractivity contribution in [2.24, 2.45) is 0 Å². The molecule has 0 aliphatic carbocycles. The predicted octanol–water partition coefficient (Wildman–Crippen LogP) is 3.97. The summed E-state index contributed by atoms with van der Waals surface area (Å²) in [5, 5.41) is 10.8. The fraction of sp³-hybridized carbons (Fsp3) is 0.200. The Kier molecular flexibility index (Phi) is 5.03. The van der Waals surface area contributed by atoms with Crippen LogP contribution in [0.2, 0.25) is 0 Å². The van der Waals surface area contributed by atoms with E-state index < -0.39 is 22.8 Å². The van der Waals surface area contributed by atoms with Crippen LogP contribution < -0.4 is 9.64 Å². The van der Waals surface area contributed by atoms with Gasteiger partial charge in [0, 0.05) is 23.3 Å². The number of nitrogens with zero attached hydrogens (tertiary/aromatic N) is 2. The van der Waals surface area contributed by atoms with Crippen molar-refractivity contribution in [3.05, 3.63) is 69.8 Å². The van der Waals surface area contributed by atoms with E-state index in [1.807, 2.05) is 25.1 Å². The van der Waals surface area contributed by atoms with Crippen molar-refractivity contribution < 1.29 is 19.2 Å². The molecule has 1 aliphatic heterocycles. The summed E-state index contributed by atoms with van der Waals surface area (Å²) in [6, 6.07) is 10.4. The van der Waals surface area contributed by atoms with Crippen molar-refractivity contribution >= 4 is 29.3 Å². The van der Waals surface area contributed by atoms with Gasteiger partial charge in [-0.25, -0.2) is 4.90 Å². The molecule has 7 heteroatoms. The van der Waals surface area contributed by atoms with Gasteiger partial charge in [0.25, 0.3) is 17.5 Å². The van der Waals surface area contributed by atoms with Gasteiger partial charge in [0.05, 0.1) is 10.6 Å². The molecule has 1 atom stereocenters. The number of imide groups is 1. The molecule has 1 heterocycles. The molecule has 2 aromatic rings. The summed E-state index contributed by atoms with van der Waals surface area (Å²) in [4.78, 5) is 37.2. The maximum Gasteiger partial charge on any atom is 0.275 e. The Morgan fingerprint density at radius 2 is 1.96 bits per heavy atom. The van der Waals surface area contributed by atoms with E-state index in [0.717, 1.165) is 10.5 Å². The van der Waals surface area contributed by atoms with Crippen LogP contribution in [-0.2, 0) is 4.79 Å². The van der Waals surface area contributed by atoms with E-state index in [4.69, 9.17) is 4.74 Å². The Hall–Kier alpha value is -3.48. The summed E-state index contributed by atoms with van der Waals surface area (Å²) >= 11 is 0. The number of hydrogen-bond donors (Lipinski definition) is 0. The third-order valence-electron chi connectivity index (χ3n) is 4.27. The fourth-order valence-corrected chi connectivity index (χ4v) is 2.94. The minimum atomic E-state index is -0.772. The normalized spacial score (nSPS) is 16.1. The van der Waals surface area contributed by atoms with Crippen molar-refractivity contribution in [3.8, 4) is 5.75 Å². The first-order valence-corrected chi connectivity index (χ1v) is 8.53. The van der Waals surface area contributed by atoms with Crippen molar-refractivity contribution in [1.82, 2.24) is 0 Å². The van der Waals surface area contributed by atoms with Crippen molar-refractivity contribution in [1.29, 1.82) is 0 Å². The van der Waals surface area contributed by atoms with Gasteiger partial charge in [-0.2, -0.15) is 0 Å². The van der Waals surface area contributed by atoms with E-state index in [0.29, 0.717) is 17.9 Å². The number of amides is 2. The van der Waals surface area contributed by atoms with Gasteiger partial charge in [-0.3, -0.25) is 19.7 Å². The van der Waals surface area contributed by atoms with Crippen LogP contribution in [-0.4, -0.2) is 22.8 Å². The SMILES string of the molecule is CC=Cc1cccc2c1OC(CC)C(=O)N2C(=O)c1ccc([N+](=O)[O-])cc1. The molecule has 0 aromatic heterocycles. The number of para-hydroxylation sites is 1. The maximum atomic E-state index is 13.0. The van der Waals surface area contributed by atoms with Gasteiger partial charge in [-0.15, -0.1) is 0 Å². The lowest BCUT2D eigenvalue weighted by atomic mass is 10.1. The Bertz CT molecular complexity index is 934. The van der Waals surface area contributed by atoms with Crippen molar-refractivity contribution in [2.75, 3.05) is 4.90 Å². The average Bonchev–Trinajstić information content (AvgIpc) is 2.67. The average molecular weight is 366 g/mol. The number of carbonyl (C=O) groups is 2. The molecule has 0 N–H and O–H groups in total. The van der Waals surface area contributed by atoms with Crippen molar-refractivity contribution in [3.63, 3.8) is 0 Å². The van der Waals surface area contributed by atoms with Crippen LogP contribution in [0.3, 0.4) is 0 Å². The zero-order valence-corrected chi connectivity index (χ0v) is 14.9. The molecule has 2 aromatic carbocycles. The second-order valence-electron chi connectivity index (χ2n) is 5.99. The second-order valence-corrected chi connectivity index (χ2v) is 5.99. The summed E-state index contributed by atoms with van der Waals surface area (Å²) in [6.07, 6.45) is 3.33. The summed E-state index contributed by atoms with van der Waals surface area (Å²) < 4.78 is 5.86. The van der Waals surface area contributed by atoms with Gasteiger partial charge in [0.15, 0.2) is 11.9 Å². The maximum absolute atomic E-state index is 13.0. The van der Waals surface area contributed by atoms with Crippen molar-refractivity contribution in [2.45, 2.75) is 26.4 Å². The number of benzene rings is 2. The standard InChI is InChI=1S/C20H18N2O5/c1-3-6-13-7-5-8-16-18(13)27-17(4-2)20(24)21(16)19(23)14-9-11-15(12-10-14)22(25)26/h3,5-12,17H,4H2,1-2H3. The van der Waals surface area contributed by atoms with Crippen LogP contribution in [0.25, 0.3) is 6.08 Å². The Morgan fingerprint density at radius 3 is 2.56 bits per heavy atom. The van der Waals surface area contributed by atoms with Gasteiger partial charge in [0.2, 0.25) is 0 Å². The lowest BCUT2D eigenvalue weighted by Crippen LogP contribution is -2.48. The highest BCUT2D eigenvalue weighted by atomic mass is 16.6. The molecule has 1 aliphatic rings. The topological polar surface area (TPSA) is 89.8 Å². The monoisotopic (exact) mass is 366 g/mol. The number of allylic oxidation sites excluding steroid dienone is 1. The molecule has 0 saturated heterocycles. The van der Waals surface area contributed by atoms with E-state index in [1.54, 1.807) is 19.1 Å². The van der Waals surface area contributed by atoms with Crippen LogP contribution in [0.1, 0.15) is 36.2 Å². The third-order valence-corrected chi connectivity index (χ3v) is 4.27. The van der Waals surface area contributed by atoms with Gasteiger partial charge in [-0.1, -0.05) is 31.2 Å². The highest BCUT2D eigenvalue weighted by Crippen LogP contribution is 2.39. The highest BCUT2D eigenvalue weighted by molar-refractivity contribution is 6.23. The zero-order chi connectivity index (χ0) is 19.6. The minimum absolute atomic E-state index is 0.123. The first kappa shape index (κ1) is 18.3. The first-order chi connectivity index (χ1) is 13.0. The minimum Gasteiger partial charge on any atom is -0.478 e. The summed E-state index contributed by atoms with van der Waals surface area (Å²) in [5.41, 5.74) is 1.20. The third kappa shape index (κ3) is 3.31. The predicted molar refractivity (Wildman–Crippen MR) is 101 cm³/mol. The van der Waals surface area contributed by atoms with E-state index in [2.05, 4.69) is 0 Å². The molecule has 0 spiro atoms. The number of carbonyl (C=O) groups excluding carboxylic acids is 2. The summed E-state index contributed by atoms with van der Waals surface area (Å²) in [7, 11) is 0. The Balaban J connectivity index is 2.08. The van der Waals surface area contributed by atoms with Gasteiger partial charge in [0.1, 0.15) is 0 Å². The van der Waals surface area contributed by atoms with Crippen LogP contribution in [0.4, 0.5) is 11.4 Å². The van der Waals surface area contributed by atoms with Gasteiger partial charge in [-0.05, 0) is 31.5 Å². The number of rotatable bonds is 4. The molecule has 2 amide bonds. The molecular weight excluding hydrogens is 348 g/mol. The molecule has 0 fully saturated rings. The molecular formula is C20H18N2O5. The van der Waals surface area contributed by atoms with Crippen LogP contribution in [0.5, 0.6) is 5.75 Å². The van der Waals surface area contributed by atoms with Crippen LogP contribution in [0, 0.1) is 10.1 Å². The molecule has 138 valence electrons. The number of nitro benzene ring substituents is 1. The lowest BCUT2D eigenvalue weighted by molar-refractivity contribution is -0.384. The largest absolute Gasteiger partial charge is 0.478 e. The molecule has 3 rings (SSSR count). The quantitative estimate of drug-likeness (QED) is 0.464. The first-order valence-electron chi connectivity index (χ1n) is 8.53. The smallest absolute Gasteiger partial charge is 0.275 e. The van der Waals surface area contributed by atoms with E-state index in [1.165, 1.54) is 24.3 Å². The second kappa shape index (κ2) is 7.41. The van der Waals surface area contributed by atoms with Gasteiger partial charge >= 0.3 is 0 Å². The van der Waals surface area contributed by atoms with Crippen LogP contribution >= 0.6 is 0 Å². The molecule has 0 bridgehead atoms.